The lowest BCUT2D eigenvalue weighted by Crippen LogP contribution is -2.55. The van der Waals surface area contributed by atoms with Crippen LogP contribution in [0.4, 0.5) is 18.9 Å². The molecule has 2 aromatic carbocycles. The number of fused-ring (bicyclic) bond motifs is 1. The minimum atomic E-state index is -4.40. The van der Waals surface area contributed by atoms with Crippen LogP contribution in [0.3, 0.4) is 0 Å². The summed E-state index contributed by atoms with van der Waals surface area (Å²) < 4.78 is 49.8. The summed E-state index contributed by atoms with van der Waals surface area (Å²) in [4.78, 5) is 1.94. The third-order valence-electron chi connectivity index (χ3n) is 5.82. The van der Waals surface area contributed by atoms with E-state index in [-0.39, 0.29) is 0 Å². The molecule has 32 heavy (non-hydrogen) atoms. The highest BCUT2D eigenvalue weighted by molar-refractivity contribution is 5.62. The molecule has 174 valence electrons. The molecule has 0 unspecified atom stereocenters. The van der Waals surface area contributed by atoms with Crippen LogP contribution in [0, 0.1) is 0 Å². The predicted octanol–water partition coefficient (Wildman–Crippen LogP) is 1.62. The van der Waals surface area contributed by atoms with E-state index in [1.54, 1.807) is 18.2 Å². The number of hydrogen-bond acceptors (Lipinski definition) is 7. The number of rotatable bonds is 4. The van der Waals surface area contributed by atoms with Gasteiger partial charge in [0.25, 0.3) is 0 Å². The van der Waals surface area contributed by atoms with Gasteiger partial charge in [0.1, 0.15) is 42.9 Å². The van der Waals surface area contributed by atoms with Gasteiger partial charge in [0.2, 0.25) is 0 Å². The van der Waals surface area contributed by atoms with Crippen molar-refractivity contribution in [2.24, 2.45) is 0 Å². The average Bonchev–Trinajstić information content (AvgIpc) is 2.77. The molecule has 0 amide bonds. The number of nitrogens with zero attached hydrogens (tertiary/aromatic N) is 1. The van der Waals surface area contributed by atoms with Crippen molar-refractivity contribution in [3.8, 4) is 5.75 Å². The van der Waals surface area contributed by atoms with Crippen molar-refractivity contribution >= 4 is 5.69 Å². The Bertz CT molecular complexity index is 936. The molecule has 10 heteroatoms. The maximum Gasteiger partial charge on any atom is 0.416 e. The van der Waals surface area contributed by atoms with Crippen LogP contribution in [0.25, 0.3) is 0 Å². The van der Waals surface area contributed by atoms with E-state index in [9.17, 15) is 33.6 Å². The molecule has 0 saturated carbocycles. The summed E-state index contributed by atoms with van der Waals surface area (Å²) in [6.45, 7) is 0.696. The lowest BCUT2D eigenvalue weighted by Gasteiger charge is -2.40. The van der Waals surface area contributed by atoms with Crippen LogP contribution in [-0.4, -0.2) is 64.6 Å². The van der Waals surface area contributed by atoms with Crippen LogP contribution < -0.4 is 9.64 Å². The second-order valence-corrected chi connectivity index (χ2v) is 7.94. The minimum absolute atomic E-state index is 0.340. The number of aliphatic hydroxyl groups excluding tert-OH is 4. The Morgan fingerprint density at radius 2 is 1.69 bits per heavy atom. The number of anilines is 1. The molecule has 7 nitrogen and oxygen atoms in total. The van der Waals surface area contributed by atoms with Gasteiger partial charge in [-0.1, -0.05) is 18.2 Å². The van der Waals surface area contributed by atoms with Gasteiger partial charge in [-0.05, 0) is 35.4 Å². The van der Waals surface area contributed by atoms with Gasteiger partial charge in [-0.3, -0.25) is 0 Å². The maximum absolute atomic E-state index is 12.8. The molecule has 4 rings (SSSR count). The zero-order valence-corrected chi connectivity index (χ0v) is 16.9. The van der Waals surface area contributed by atoms with E-state index in [1.807, 2.05) is 4.90 Å². The van der Waals surface area contributed by atoms with Crippen LogP contribution in [0.5, 0.6) is 5.75 Å². The second kappa shape index (κ2) is 8.87. The molecule has 0 bridgehead atoms. The number of halogens is 3. The smallest absolute Gasteiger partial charge is 0.416 e. The third kappa shape index (κ3) is 4.41. The number of aliphatic hydroxyl groups is 4. The summed E-state index contributed by atoms with van der Waals surface area (Å²) >= 11 is 0. The number of ether oxygens (including phenoxy) is 2. The fraction of sp³-hybridized carbons (Fsp3) is 0.455. The van der Waals surface area contributed by atoms with Crippen molar-refractivity contribution in [3.05, 3.63) is 59.2 Å². The molecule has 2 aromatic rings. The number of alkyl halides is 3. The van der Waals surface area contributed by atoms with Crippen LogP contribution in [0.1, 0.15) is 22.8 Å². The Labute approximate surface area is 182 Å². The SMILES string of the molecule is OC[C@H]1O[C@@H](c2ccc3c(c2)N(Cc2ccc(C(F)(F)F)cc2)CCO3)[C@H](O)[C@@H](O)[C@@H]1O. The van der Waals surface area contributed by atoms with Crippen LogP contribution in [0.15, 0.2) is 42.5 Å². The molecule has 0 aliphatic carbocycles. The first-order chi connectivity index (χ1) is 15.2. The van der Waals surface area contributed by atoms with Crippen molar-refractivity contribution in [2.45, 2.75) is 43.2 Å². The third-order valence-corrected chi connectivity index (χ3v) is 5.82. The number of hydrogen-bond donors (Lipinski definition) is 4. The van der Waals surface area contributed by atoms with E-state index in [2.05, 4.69) is 0 Å². The van der Waals surface area contributed by atoms with E-state index in [4.69, 9.17) is 9.47 Å². The summed E-state index contributed by atoms with van der Waals surface area (Å²) in [5, 5.41) is 39.9. The first-order valence-corrected chi connectivity index (χ1v) is 10.2. The normalized spacial score (nSPS) is 28.2. The quantitative estimate of drug-likeness (QED) is 0.556. The first kappa shape index (κ1) is 22.8. The summed E-state index contributed by atoms with van der Waals surface area (Å²) in [7, 11) is 0. The molecule has 0 aromatic heterocycles. The molecule has 2 aliphatic rings. The molecule has 0 radical (unpaired) electrons. The molecular formula is C22H24F3NO6. The summed E-state index contributed by atoms with van der Waals surface area (Å²) in [6.07, 6.45) is -10.8. The summed E-state index contributed by atoms with van der Waals surface area (Å²) in [5.41, 5.74) is 1.13. The topological polar surface area (TPSA) is 103 Å². The van der Waals surface area contributed by atoms with Crippen molar-refractivity contribution < 1.29 is 43.1 Å². The van der Waals surface area contributed by atoms with E-state index >= 15 is 0 Å². The number of benzene rings is 2. The van der Waals surface area contributed by atoms with Gasteiger partial charge in [-0.15, -0.1) is 0 Å². The van der Waals surface area contributed by atoms with Gasteiger partial charge < -0.3 is 34.8 Å². The Morgan fingerprint density at radius 1 is 0.969 bits per heavy atom. The zero-order chi connectivity index (χ0) is 23.0. The highest BCUT2D eigenvalue weighted by Crippen LogP contribution is 2.39. The second-order valence-electron chi connectivity index (χ2n) is 7.94. The standard InChI is InChI=1S/C22H24F3NO6/c23-22(24,25)14-4-1-12(2-5-14)10-26-7-8-31-16-6-3-13(9-15(16)26)21-20(30)19(29)18(28)17(11-27)32-21/h1-6,9,17-21,27-30H,7-8,10-11H2/t17-,18-,19+,20-,21+/m1/s1. The minimum Gasteiger partial charge on any atom is -0.490 e. The lowest BCUT2D eigenvalue weighted by molar-refractivity contribution is -0.231. The fourth-order valence-electron chi connectivity index (χ4n) is 4.03. The van der Waals surface area contributed by atoms with Crippen molar-refractivity contribution in [1.82, 2.24) is 0 Å². The van der Waals surface area contributed by atoms with Crippen LogP contribution in [0.2, 0.25) is 0 Å². The fourth-order valence-corrected chi connectivity index (χ4v) is 4.03. The monoisotopic (exact) mass is 455 g/mol. The van der Waals surface area contributed by atoms with E-state index in [0.29, 0.717) is 42.3 Å². The van der Waals surface area contributed by atoms with Gasteiger partial charge in [-0.2, -0.15) is 13.2 Å². The van der Waals surface area contributed by atoms with Crippen LogP contribution in [-0.2, 0) is 17.5 Å². The maximum atomic E-state index is 12.8. The Hall–Kier alpha value is -2.37. The van der Waals surface area contributed by atoms with Crippen molar-refractivity contribution in [2.75, 3.05) is 24.7 Å². The molecule has 4 N–H and O–H groups in total. The molecular weight excluding hydrogens is 431 g/mol. The van der Waals surface area contributed by atoms with Gasteiger partial charge >= 0.3 is 6.18 Å². The van der Waals surface area contributed by atoms with E-state index < -0.39 is 48.9 Å². The Morgan fingerprint density at radius 3 is 2.34 bits per heavy atom. The molecule has 0 spiro atoms. The van der Waals surface area contributed by atoms with Crippen molar-refractivity contribution in [1.29, 1.82) is 0 Å². The highest BCUT2D eigenvalue weighted by Gasteiger charge is 2.44. The molecule has 2 aliphatic heterocycles. The van der Waals surface area contributed by atoms with E-state index in [0.717, 1.165) is 12.1 Å². The van der Waals surface area contributed by atoms with E-state index in [1.165, 1.54) is 12.1 Å². The predicted molar refractivity (Wildman–Crippen MR) is 107 cm³/mol. The molecule has 1 saturated heterocycles. The molecule has 1 fully saturated rings. The Kier molecular flexibility index (Phi) is 6.33. The largest absolute Gasteiger partial charge is 0.490 e. The van der Waals surface area contributed by atoms with Crippen molar-refractivity contribution in [3.63, 3.8) is 0 Å². The Balaban J connectivity index is 1.58. The van der Waals surface area contributed by atoms with Crippen LogP contribution >= 0.6 is 0 Å². The highest BCUT2D eigenvalue weighted by atomic mass is 19.4. The first-order valence-electron chi connectivity index (χ1n) is 10.2. The lowest BCUT2D eigenvalue weighted by atomic mass is 9.91. The average molecular weight is 455 g/mol. The molecule has 5 atom stereocenters. The zero-order valence-electron chi connectivity index (χ0n) is 16.9. The molecule has 2 heterocycles. The van der Waals surface area contributed by atoms with Gasteiger partial charge in [0.15, 0.2) is 0 Å². The van der Waals surface area contributed by atoms with Gasteiger partial charge in [0, 0.05) is 6.54 Å². The summed E-state index contributed by atoms with van der Waals surface area (Å²) in [6, 6.07) is 10.0. The van der Waals surface area contributed by atoms with Gasteiger partial charge in [-0.25, -0.2) is 0 Å². The summed E-state index contributed by atoms with van der Waals surface area (Å²) in [5.74, 6) is 0.566. The van der Waals surface area contributed by atoms with Gasteiger partial charge in [0.05, 0.1) is 24.4 Å².